The molecule has 20 heavy (non-hydrogen) atoms. The second-order valence-corrected chi connectivity index (χ2v) is 7.15. The average molecular weight is 298 g/mol. The van der Waals surface area contributed by atoms with Crippen LogP contribution >= 0.6 is 0 Å². The van der Waals surface area contributed by atoms with Crippen LogP contribution in [0.25, 0.3) is 0 Å². The highest BCUT2D eigenvalue weighted by Gasteiger charge is 2.22. The van der Waals surface area contributed by atoms with Gasteiger partial charge in [0.1, 0.15) is 0 Å². The largest absolute Gasteiger partial charge is 0.396 e. The number of hydrogen-bond donors (Lipinski definition) is 2. The molecule has 0 saturated carbocycles. The molecule has 0 bridgehead atoms. The number of hydrogen-bond acceptors (Lipinski definition) is 4. The van der Waals surface area contributed by atoms with Crippen molar-refractivity contribution in [3.8, 4) is 0 Å². The molecule has 0 atom stereocenters. The normalized spacial score (nSPS) is 14.3. The van der Waals surface area contributed by atoms with Gasteiger partial charge in [-0.1, -0.05) is 6.07 Å². The molecule has 2 rings (SSSR count). The first-order valence-electron chi connectivity index (χ1n) is 6.99. The summed E-state index contributed by atoms with van der Waals surface area (Å²) < 4.78 is 26.3. The summed E-state index contributed by atoms with van der Waals surface area (Å²) in [6.45, 7) is 1.51. The lowest BCUT2D eigenvalue weighted by molar-refractivity contribution is 0.281. The van der Waals surface area contributed by atoms with Crippen LogP contribution < -0.4 is 5.32 Å². The van der Waals surface area contributed by atoms with E-state index in [1.807, 2.05) is 6.07 Å². The van der Waals surface area contributed by atoms with Gasteiger partial charge in [-0.25, -0.2) is 12.7 Å². The van der Waals surface area contributed by atoms with Gasteiger partial charge in [0.25, 0.3) is 0 Å². The predicted octanol–water partition coefficient (Wildman–Crippen LogP) is 1.44. The van der Waals surface area contributed by atoms with E-state index >= 15 is 0 Å². The summed E-state index contributed by atoms with van der Waals surface area (Å²) in [5.41, 5.74) is 2.11. The zero-order valence-corrected chi connectivity index (χ0v) is 12.6. The Bertz CT molecular complexity index is 558. The van der Waals surface area contributed by atoms with E-state index in [0.29, 0.717) is 11.4 Å². The van der Waals surface area contributed by atoms with Crippen molar-refractivity contribution in [3.63, 3.8) is 0 Å². The minimum absolute atomic E-state index is 0.160. The Morgan fingerprint density at radius 1 is 1.30 bits per heavy atom. The van der Waals surface area contributed by atoms with Crippen LogP contribution in [0.4, 0.5) is 5.69 Å². The molecule has 1 aliphatic heterocycles. The fraction of sp³-hybridized carbons (Fsp3) is 0.571. The molecule has 1 aromatic rings. The van der Waals surface area contributed by atoms with Gasteiger partial charge in [0.15, 0.2) is 0 Å². The Morgan fingerprint density at radius 3 is 2.85 bits per heavy atom. The smallest absolute Gasteiger partial charge is 0.242 e. The molecule has 1 aromatic carbocycles. The van der Waals surface area contributed by atoms with E-state index in [2.05, 4.69) is 5.32 Å². The third-order valence-electron chi connectivity index (χ3n) is 3.63. The second kappa shape index (κ2) is 6.56. The lowest BCUT2D eigenvalue weighted by Gasteiger charge is -2.17. The van der Waals surface area contributed by atoms with Crippen molar-refractivity contribution in [2.45, 2.75) is 30.6 Å². The predicted molar refractivity (Wildman–Crippen MR) is 79.4 cm³/mol. The summed E-state index contributed by atoms with van der Waals surface area (Å²) in [6, 6.07) is 5.30. The van der Waals surface area contributed by atoms with Crippen LogP contribution in [-0.4, -0.2) is 44.6 Å². The molecule has 0 saturated heterocycles. The van der Waals surface area contributed by atoms with Gasteiger partial charge < -0.3 is 10.4 Å². The van der Waals surface area contributed by atoms with Gasteiger partial charge in [-0.2, -0.15) is 0 Å². The summed E-state index contributed by atoms with van der Waals surface area (Å²) >= 11 is 0. The van der Waals surface area contributed by atoms with Crippen LogP contribution in [0.5, 0.6) is 0 Å². The van der Waals surface area contributed by atoms with Gasteiger partial charge in [0.05, 0.1) is 4.90 Å². The Labute approximate surface area is 120 Å². The number of unbranched alkanes of at least 4 members (excludes halogenated alkanes) is 2. The summed E-state index contributed by atoms with van der Waals surface area (Å²) in [7, 11) is -1.81. The molecule has 0 fully saturated rings. The van der Waals surface area contributed by atoms with E-state index in [1.54, 1.807) is 19.2 Å². The van der Waals surface area contributed by atoms with E-state index in [1.165, 1.54) is 9.87 Å². The molecular weight excluding hydrogens is 276 g/mol. The maximum absolute atomic E-state index is 12.4. The monoisotopic (exact) mass is 298 g/mol. The van der Waals surface area contributed by atoms with E-state index in [9.17, 15) is 8.42 Å². The minimum Gasteiger partial charge on any atom is -0.396 e. The number of nitrogens with one attached hydrogen (secondary N) is 1. The van der Waals surface area contributed by atoms with Gasteiger partial charge in [0.2, 0.25) is 10.0 Å². The highest BCUT2D eigenvalue weighted by molar-refractivity contribution is 7.89. The Hall–Kier alpha value is -1.11. The van der Waals surface area contributed by atoms with Crippen LogP contribution in [0.1, 0.15) is 24.8 Å². The molecular formula is C14H22N2O3S. The lowest BCUT2D eigenvalue weighted by atomic mass is 10.2. The molecule has 5 nitrogen and oxygen atoms in total. The van der Waals surface area contributed by atoms with Crippen LogP contribution in [-0.2, 0) is 16.4 Å². The van der Waals surface area contributed by atoms with Crippen molar-refractivity contribution < 1.29 is 13.5 Å². The lowest BCUT2D eigenvalue weighted by Crippen LogP contribution is -2.28. The maximum atomic E-state index is 12.4. The second-order valence-electron chi connectivity index (χ2n) is 5.11. The number of anilines is 1. The molecule has 1 aliphatic rings. The van der Waals surface area contributed by atoms with Gasteiger partial charge in [-0.15, -0.1) is 0 Å². The van der Waals surface area contributed by atoms with Crippen LogP contribution in [0, 0.1) is 0 Å². The van der Waals surface area contributed by atoms with Crippen molar-refractivity contribution >= 4 is 15.7 Å². The van der Waals surface area contributed by atoms with E-state index in [0.717, 1.165) is 37.9 Å². The fourth-order valence-corrected chi connectivity index (χ4v) is 3.59. The molecule has 2 N–H and O–H groups in total. The van der Waals surface area contributed by atoms with Crippen molar-refractivity contribution in [1.82, 2.24) is 4.31 Å². The summed E-state index contributed by atoms with van der Waals surface area (Å²) in [5.74, 6) is 0. The van der Waals surface area contributed by atoms with E-state index in [4.69, 9.17) is 5.11 Å². The van der Waals surface area contributed by atoms with Crippen molar-refractivity contribution in [3.05, 3.63) is 23.8 Å². The number of nitrogens with zero attached hydrogens (tertiary/aromatic N) is 1. The first kappa shape index (κ1) is 15.3. The van der Waals surface area contributed by atoms with Crippen LogP contribution in [0.2, 0.25) is 0 Å². The van der Waals surface area contributed by atoms with Crippen molar-refractivity contribution in [1.29, 1.82) is 0 Å². The highest BCUT2D eigenvalue weighted by atomic mass is 32.2. The van der Waals surface area contributed by atoms with Gasteiger partial charge in [-0.3, -0.25) is 0 Å². The first-order valence-corrected chi connectivity index (χ1v) is 8.43. The van der Waals surface area contributed by atoms with Gasteiger partial charge >= 0.3 is 0 Å². The third-order valence-corrected chi connectivity index (χ3v) is 5.48. The number of rotatable bonds is 7. The first-order chi connectivity index (χ1) is 9.55. The average Bonchev–Trinajstić information content (AvgIpc) is 2.90. The van der Waals surface area contributed by atoms with Gasteiger partial charge in [0, 0.05) is 32.4 Å². The molecule has 0 aromatic heterocycles. The number of sulfonamides is 1. The maximum Gasteiger partial charge on any atom is 0.242 e. The SMILES string of the molecule is CN(CCCCCO)S(=O)(=O)c1ccc2c(c1)NCC2. The van der Waals surface area contributed by atoms with Crippen molar-refractivity contribution in [2.24, 2.45) is 0 Å². The molecule has 0 aliphatic carbocycles. The zero-order valence-electron chi connectivity index (χ0n) is 11.8. The summed E-state index contributed by atoms with van der Waals surface area (Å²) in [4.78, 5) is 0.343. The number of aliphatic hydroxyl groups is 1. The molecule has 0 unspecified atom stereocenters. The van der Waals surface area contributed by atoms with E-state index < -0.39 is 10.0 Å². The standard InChI is InChI=1S/C14H22N2O3S/c1-16(9-3-2-4-10-17)20(18,19)13-6-5-12-7-8-15-14(12)11-13/h5-6,11,15,17H,2-4,7-10H2,1H3. The van der Waals surface area contributed by atoms with Crippen molar-refractivity contribution in [2.75, 3.05) is 32.1 Å². The zero-order chi connectivity index (χ0) is 14.6. The Balaban J connectivity index is 2.05. The number of aliphatic hydroxyl groups excluding tert-OH is 1. The van der Waals surface area contributed by atoms with Crippen LogP contribution in [0.15, 0.2) is 23.1 Å². The molecule has 112 valence electrons. The number of fused-ring (bicyclic) bond motifs is 1. The summed E-state index contributed by atoms with van der Waals surface area (Å²) in [6.07, 6.45) is 3.27. The molecule has 6 heteroatoms. The third kappa shape index (κ3) is 3.31. The molecule has 0 amide bonds. The minimum atomic E-state index is -3.42. The van der Waals surface area contributed by atoms with Crippen LogP contribution in [0.3, 0.4) is 0 Å². The highest BCUT2D eigenvalue weighted by Crippen LogP contribution is 2.26. The van der Waals surface area contributed by atoms with E-state index in [-0.39, 0.29) is 6.61 Å². The number of benzene rings is 1. The molecule has 0 radical (unpaired) electrons. The fourth-order valence-electron chi connectivity index (χ4n) is 2.35. The Morgan fingerprint density at radius 2 is 2.10 bits per heavy atom. The summed E-state index contributed by atoms with van der Waals surface area (Å²) in [5, 5.41) is 11.9. The molecule has 0 spiro atoms. The quantitative estimate of drug-likeness (QED) is 0.747. The topological polar surface area (TPSA) is 69.6 Å². The van der Waals surface area contributed by atoms with Gasteiger partial charge in [-0.05, 0) is 43.4 Å². The molecule has 1 heterocycles. The Kier molecular flexibility index (Phi) is 5.01.